The molecule has 2 rings (SSSR count). The van der Waals surface area contributed by atoms with E-state index in [0.29, 0.717) is 12.6 Å². The number of aliphatic carboxylic acids is 1. The summed E-state index contributed by atoms with van der Waals surface area (Å²) >= 11 is 0. The van der Waals surface area contributed by atoms with Crippen molar-refractivity contribution < 1.29 is 14.7 Å². The van der Waals surface area contributed by atoms with Crippen LogP contribution >= 0.6 is 0 Å². The summed E-state index contributed by atoms with van der Waals surface area (Å²) in [6, 6.07) is 0.493. The Morgan fingerprint density at radius 2 is 1.90 bits per heavy atom. The van der Waals surface area contributed by atoms with E-state index in [1.165, 1.54) is 0 Å². The van der Waals surface area contributed by atoms with E-state index in [1.54, 1.807) is 0 Å². The highest BCUT2D eigenvalue weighted by Crippen LogP contribution is 2.48. The second kappa shape index (κ2) is 6.60. The molecule has 0 aliphatic heterocycles. The molecule has 0 radical (unpaired) electrons. The topological polar surface area (TPSA) is 69.6 Å². The van der Waals surface area contributed by atoms with Gasteiger partial charge in [0, 0.05) is 12.6 Å². The van der Waals surface area contributed by atoms with Crippen molar-refractivity contribution in [3.05, 3.63) is 12.2 Å². The average Bonchev–Trinajstić information content (AvgIpc) is 3.03. The molecule has 0 aromatic rings. The predicted octanol–water partition coefficient (Wildman–Crippen LogP) is 1.36. The average molecular weight is 294 g/mol. The third-order valence-corrected chi connectivity index (χ3v) is 4.92. The van der Waals surface area contributed by atoms with Crippen molar-refractivity contribution in [2.75, 3.05) is 20.1 Å². The van der Waals surface area contributed by atoms with Gasteiger partial charge in [-0.15, -0.1) is 0 Å². The smallest absolute Gasteiger partial charge is 0.307 e. The molecule has 0 heterocycles. The number of allylic oxidation sites excluding steroid dienone is 2. The molecule has 4 atom stereocenters. The van der Waals surface area contributed by atoms with Crippen molar-refractivity contribution in [2.24, 2.45) is 23.7 Å². The molecular weight excluding hydrogens is 268 g/mol. The molecule has 5 heteroatoms. The van der Waals surface area contributed by atoms with Crippen LogP contribution in [-0.4, -0.2) is 48.1 Å². The molecule has 21 heavy (non-hydrogen) atoms. The van der Waals surface area contributed by atoms with Crippen LogP contribution in [0.25, 0.3) is 0 Å². The van der Waals surface area contributed by atoms with Crippen LogP contribution in [0.3, 0.4) is 0 Å². The maximum Gasteiger partial charge on any atom is 0.307 e. The number of nitrogens with zero attached hydrogens (tertiary/aromatic N) is 1. The minimum atomic E-state index is -0.841. The number of hydrogen-bond acceptors (Lipinski definition) is 3. The number of rotatable bonds is 7. The van der Waals surface area contributed by atoms with Gasteiger partial charge in [0.1, 0.15) is 0 Å². The number of fused-ring (bicyclic) bond motifs is 2. The Kier molecular flexibility index (Phi) is 5.04. The third kappa shape index (κ3) is 3.46. The summed E-state index contributed by atoms with van der Waals surface area (Å²) in [5.41, 5.74) is 0. The van der Waals surface area contributed by atoms with E-state index in [4.69, 9.17) is 0 Å². The molecule has 2 N–H and O–H groups in total. The maximum absolute atomic E-state index is 12.3. The molecule has 0 saturated heterocycles. The van der Waals surface area contributed by atoms with Crippen molar-refractivity contribution in [3.63, 3.8) is 0 Å². The Labute approximate surface area is 126 Å². The van der Waals surface area contributed by atoms with Gasteiger partial charge in [-0.2, -0.15) is 0 Å². The van der Waals surface area contributed by atoms with Crippen molar-refractivity contribution in [1.29, 1.82) is 0 Å². The van der Waals surface area contributed by atoms with Crippen LogP contribution in [0.4, 0.5) is 0 Å². The van der Waals surface area contributed by atoms with Crippen molar-refractivity contribution in [3.8, 4) is 0 Å². The lowest BCUT2D eigenvalue weighted by atomic mass is 9.82. The first kappa shape index (κ1) is 16.0. The summed E-state index contributed by atoms with van der Waals surface area (Å²) < 4.78 is 0. The molecule has 0 spiro atoms. The molecule has 0 aromatic heterocycles. The first-order valence-electron chi connectivity index (χ1n) is 7.81. The van der Waals surface area contributed by atoms with Gasteiger partial charge in [-0.05, 0) is 52.1 Å². The lowest BCUT2D eigenvalue weighted by Crippen LogP contribution is -2.41. The van der Waals surface area contributed by atoms with Crippen LogP contribution in [0, 0.1) is 23.7 Å². The maximum atomic E-state index is 12.3. The molecule has 1 saturated carbocycles. The largest absolute Gasteiger partial charge is 0.481 e. The lowest BCUT2D eigenvalue weighted by Gasteiger charge is -2.24. The fraction of sp³-hybridized carbons (Fsp3) is 0.750. The van der Waals surface area contributed by atoms with Crippen LogP contribution in [0.2, 0.25) is 0 Å². The molecule has 2 aliphatic rings. The second-order valence-corrected chi connectivity index (χ2v) is 6.56. The van der Waals surface area contributed by atoms with Gasteiger partial charge in [0.2, 0.25) is 5.91 Å². The number of carboxylic acid groups (broad SMARTS) is 1. The molecule has 5 nitrogen and oxygen atoms in total. The zero-order chi connectivity index (χ0) is 15.6. The van der Waals surface area contributed by atoms with Gasteiger partial charge in [0.05, 0.1) is 11.8 Å². The van der Waals surface area contributed by atoms with E-state index in [2.05, 4.69) is 31.1 Å². The normalized spacial score (nSPS) is 30.3. The van der Waals surface area contributed by atoms with Crippen LogP contribution in [0.15, 0.2) is 12.2 Å². The number of hydrogen-bond donors (Lipinski definition) is 2. The summed E-state index contributed by atoms with van der Waals surface area (Å²) in [6.07, 6.45) is 5.67. The highest BCUT2D eigenvalue weighted by atomic mass is 16.4. The summed E-state index contributed by atoms with van der Waals surface area (Å²) in [4.78, 5) is 25.9. The van der Waals surface area contributed by atoms with Crippen LogP contribution in [0.5, 0.6) is 0 Å². The molecule has 118 valence electrons. The van der Waals surface area contributed by atoms with Gasteiger partial charge in [0.15, 0.2) is 0 Å². The molecule has 1 amide bonds. The minimum absolute atomic E-state index is 0.0373. The number of carbonyl (C=O) groups excluding carboxylic acids is 1. The second-order valence-electron chi connectivity index (χ2n) is 6.56. The molecule has 2 bridgehead atoms. The van der Waals surface area contributed by atoms with Crippen LogP contribution < -0.4 is 5.32 Å². The quantitative estimate of drug-likeness (QED) is 0.549. The Morgan fingerprint density at radius 3 is 2.48 bits per heavy atom. The SMILES string of the molecule is CC(C)N(C)CCCNC(=O)C1C2C=CC(C2)C1C(=O)O. The highest BCUT2D eigenvalue weighted by Gasteiger charge is 2.51. The van der Waals surface area contributed by atoms with E-state index >= 15 is 0 Å². The number of amides is 1. The summed E-state index contributed by atoms with van der Waals surface area (Å²) in [7, 11) is 2.06. The predicted molar refractivity (Wildman–Crippen MR) is 80.7 cm³/mol. The Morgan fingerprint density at radius 1 is 1.29 bits per heavy atom. The fourth-order valence-electron chi connectivity index (χ4n) is 3.43. The molecule has 4 unspecified atom stereocenters. The third-order valence-electron chi connectivity index (χ3n) is 4.92. The van der Waals surface area contributed by atoms with Gasteiger partial charge in [-0.25, -0.2) is 0 Å². The molecule has 2 aliphatic carbocycles. The number of carbonyl (C=O) groups is 2. The van der Waals surface area contributed by atoms with Gasteiger partial charge in [-0.1, -0.05) is 12.2 Å². The number of nitrogens with one attached hydrogen (secondary N) is 1. The van der Waals surface area contributed by atoms with Gasteiger partial charge < -0.3 is 15.3 Å². The number of carboxylic acids is 1. The van der Waals surface area contributed by atoms with Gasteiger partial charge in [-0.3, -0.25) is 9.59 Å². The molecule has 0 aromatic carbocycles. The lowest BCUT2D eigenvalue weighted by molar-refractivity contribution is -0.147. The zero-order valence-corrected chi connectivity index (χ0v) is 13.1. The highest BCUT2D eigenvalue weighted by molar-refractivity contribution is 5.86. The standard InChI is InChI=1S/C16H26N2O3/c1-10(2)18(3)8-4-7-17-15(19)13-11-5-6-12(9-11)14(13)16(20)21/h5-6,10-14H,4,7-9H2,1-3H3,(H,17,19)(H,20,21). The van der Waals surface area contributed by atoms with Crippen molar-refractivity contribution in [2.45, 2.75) is 32.7 Å². The molecular formula is C16H26N2O3. The summed E-state index contributed by atoms with van der Waals surface area (Å²) in [6.45, 7) is 5.81. The van der Waals surface area contributed by atoms with E-state index < -0.39 is 11.9 Å². The van der Waals surface area contributed by atoms with Crippen LogP contribution in [0.1, 0.15) is 26.7 Å². The first-order chi connectivity index (χ1) is 9.91. The van der Waals surface area contributed by atoms with E-state index in [9.17, 15) is 14.7 Å². The van der Waals surface area contributed by atoms with E-state index in [0.717, 1.165) is 19.4 Å². The van der Waals surface area contributed by atoms with Gasteiger partial charge in [0.25, 0.3) is 0 Å². The summed E-state index contributed by atoms with van der Waals surface area (Å²) in [5, 5.41) is 12.3. The molecule has 1 fully saturated rings. The van der Waals surface area contributed by atoms with Crippen LogP contribution in [-0.2, 0) is 9.59 Å². The van der Waals surface area contributed by atoms with E-state index in [1.807, 2.05) is 12.2 Å². The van der Waals surface area contributed by atoms with E-state index in [-0.39, 0.29) is 23.7 Å². The Bertz CT molecular complexity index is 433. The Hall–Kier alpha value is -1.36. The zero-order valence-electron chi connectivity index (χ0n) is 13.1. The summed E-state index contributed by atoms with van der Waals surface area (Å²) in [5.74, 6) is -1.72. The minimum Gasteiger partial charge on any atom is -0.481 e. The van der Waals surface area contributed by atoms with Gasteiger partial charge >= 0.3 is 5.97 Å². The van der Waals surface area contributed by atoms with Crippen molar-refractivity contribution in [1.82, 2.24) is 10.2 Å². The Balaban J connectivity index is 1.81. The first-order valence-corrected chi connectivity index (χ1v) is 7.81. The van der Waals surface area contributed by atoms with Crippen molar-refractivity contribution >= 4 is 11.9 Å². The fourth-order valence-corrected chi connectivity index (χ4v) is 3.43. The monoisotopic (exact) mass is 294 g/mol.